The molecule has 2 aromatic carbocycles. The maximum Gasteiger partial charge on any atom is 0.163 e. The van der Waals surface area contributed by atoms with Gasteiger partial charge in [-0.05, 0) is 81.6 Å². The number of halogens is 2. The number of nitrogens with zero attached hydrogens (tertiary/aromatic N) is 2. The third-order valence-electron chi connectivity index (χ3n) is 6.11. The van der Waals surface area contributed by atoms with Crippen molar-refractivity contribution in [1.82, 2.24) is 9.88 Å². The lowest BCUT2D eigenvalue weighted by molar-refractivity contribution is 0.101. The number of carbonyl (C=O) groups excluding carboxylic acids is 1. The number of nitrogens with one attached hydrogen (secondary N) is 1. The number of hydrogen-bond donors (Lipinski definition) is 2. The topological polar surface area (TPSA) is 65.5 Å². The van der Waals surface area contributed by atoms with Crippen LogP contribution in [0.1, 0.15) is 36.5 Å². The maximum absolute atomic E-state index is 12.4. The Balaban J connectivity index is 1.76. The van der Waals surface area contributed by atoms with Gasteiger partial charge in [-0.25, -0.2) is 0 Å². The van der Waals surface area contributed by atoms with Crippen LogP contribution >= 0.6 is 23.2 Å². The number of anilines is 1. The van der Waals surface area contributed by atoms with Gasteiger partial charge in [0, 0.05) is 24.2 Å². The Hall–Kier alpha value is -2.34. The van der Waals surface area contributed by atoms with Crippen LogP contribution in [0.3, 0.4) is 0 Å². The predicted octanol–water partition coefficient (Wildman–Crippen LogP) is 6.26. The second-order valence-corrected chi connectivity index (χ2v) is 9.72. The van der Waals surface area contributed by atoms with Crippen LogP contribution in [0.4, 0.5) is 5.69 Å². The van der Waals surface area contributed by atoms with Gasteiger partial charge < -0.3 is 15.3 Å². The fourth-order valence-electron chi connectivity index (χ4n) is 4.62. The summed E-state index contributed by atoms with van der Waals surface area (Å²) in [7, 11) is 4.21. The van der Waals surface area contributed by atoms with Crippen LogP contribution in [0.25, 0.3) is 22.0 Å². The van der Waals surface area contributed by atoms with Crippen molar-refractivity contribution in [3.05, 3.63) is 52.1 Å². The molecule has 1 heterocycles. The van der Waals surface area contributed by atoms with Gasteiger partial charge in [0.05, 0.1) is 26.8 Å². The van der Waals surface area contributed by atoms with Crippen molar-refractivity contribution in [2.24, 2.45) is 5.92 Å². The number of ketones is 1. The molecular formula is C25H27Cl2N3O2. The molecular weight excluding hydrogens is 445 g/mol. The molecule has 0 aliphatic heterocycles. The number of carbonyl (C=O) groups is 1. The molecule has 4 rings (SSSR count). The van der Waals surface area contributed by atoms with E-state index < -0.39 is 0 Å². The second kappa shape index (κ2) is 9.26. The van der Waals surface area contributed by atoms with E-state index in [1.807, 2.05) is 18.2 Å². The first-order chi connectivity index (χ1) is 15.2. The summed E-state index contributed by atoms with van der Waals surface area (Å²) >= 11 is 12.3. The Morgan fingerprint density at radius 1 is 1.16 bits per heavy atom. The summed E-state index contributed by atoms with van der Waals surface area (Å²) in [5, 5.41) is 14.8. The maximum atomic E-state index is 12.4. The summed E-state index contributed by atoms with van der Waals surface area (Å²) in [6, 6.07) is 9.54. The standard InChI is InChI=1S/C25H27Cl2N3O2/c1-14(31)20-12-28-23-7-5-16(17-10-21(26)25(32)22(27)11-17)9-19(23)24(20)29-18-6-4-15(8-18)13-30(2)3/h5,7,9-12,15,18,32H,4,6,8,13H2,1-3H3,(H,28,29)/t15-,18-/m1/s1. The van der Waals surface area contributed by atoms with E-state index in [-0.39, 0.29) is 21.6 Å². The van der Waals surface area contributed by atoms with Crippen molar-refractivity contribution in [3.8, 4) is 16.9 Å². The number of benzene rings is 2. The minimum absolute atomic E-state index is 0.0223. The molecule has 0 radical (unpaired) electrons. The molecule has 1 fully saturated rings. The van der Waals surface area contributed by atoms with Crippen molar-refractivity contribution in [2.45, 2.75) is 32.2 Å². The molecule has 32 heavy (non-hydrogen) atoms. The van der Waals surface area contributed by atoms with Crippen molar-refractivity contribution in [3.63, 3.8) is 0 Å². The summed E-state index contributed by atoms with van der Waals surface area (Å²) in [5.41, 5.74) is 3.89. The highest BCUT2D eigenvalue weighted by molar-refractivity contribution is 6.37. The smallest absolute Gasteiger partial charge is 0.163 e. The fraction of sp³-hybridized carbons (Fsp3) is 0.360. The van der Waals surface area contributed by atoms with Crippen LogP contribution < -0.4 is 5.32 Å². The summed E-state index contributed by atoms with van der Waals surface area (Å²) in [5.74, 6) is 0.494. The minimum Gasteiger partial charge on any atom is -0.505 e. The highest BCUT2D eigenvalue weighted by atomic mass is 35.5. The van der Waals surface area contributed by atoms with Gasteiger partial charge in [0.15, 0.2) is 11.5 Å². The van der Waals surface area contributed by atoms with Gasteiger partial charge in [-0.1, -0.05) is 29.3 Å². The first-order valence-electron chi connectivity index (χ1n) is 10.8. The molecule has 0 amide bonds. The van der Waals surface area contributed by atoms with E-state index in [1.165, 1.54) is 6.42 Å². The largest absolute Gasteiger partial charge is 0.505 e. The quantitative estimate of drug-likeness (QED) is 0.415. The molecule has 1 aliphatic rings. The minimum atomic E-state index is -0.130. The summed E-state index contributed by atoms with van der Waals surface area (Å²) in [4.78, 5) is 19.2. The predicted molar refractivity (Wildman–Crippen MR) is 132 cm³/mol. The van der Waals surface area contributed by atoms with Crippen LogP contribution in [0.2, 0.25) is 10.0 Å². The molecule has 1 aliphatic carbocycles. The number of fused-ring (bicyclic) bond motifs is 1. The third-order valence-corrected chi connectivity index (χ3v) is 6.69. The molecule has 0 saturated heterocycles. The van der Waals surface area contributed by atoms with Gasteiger partial charge in [-0.2, -0.15) is 0 Å². The van der Waals surface area contributed by atoms with E-state index in [2.05, 4.69) is 29.3 Å². The molecule has 0 bridgehead atoms. The van der Waals surface area contributed by atoms with Crippen LogP contribution in [-0.4, -0.2) is 47.5 Å². The Morgan fingerprint density at radius 2 is 1.88 bits per heavy atom. The molecule has 0 unspecified atom stereocenters. The van der Waals surface area contributed by atoms with Gasteiger partial charge in [0.1, 0.15) is 0 Å². The van der Waals surface area contributed by atoms with E-state index in [1.54, 1.807) is 25.3 Å². The van der Waals surface area contributed by atoms with Gasteiger partial charge in [-0.3, -0.25) is 9.78 Å². The molecule has 168 valence electrons. The molecule has 2 N–H and O–H groups in total. The monoisotopic (exact) mass is 471 g/mol. The van der Waals surface area contributed by atoms with Crippen molar-refractivity contribution in [2.75, 3.05) is 26.0 Å². The molecule has 1 saturated carbocycles. The first-order valence-corrected chi connectivity index (χ1v) is 11.5. The number of Topliss-reactive ketones (excluding diaryl/α,β-unsaturated/α-hetero) is 1. The number of rotatable bonds is 6. The average Bonchev–Trinajstić information content (AvgIpc) is 3.17. The average molecular weight is 472 g/mol. The summed E-state index contributed by atoms with van der Waals surface area (Å²) < 4.78 is 0. The zero-order chi connectivity index (χ0) is 23.0. The number of pyridine rings is 1. The number of aromatic hydroxyl groups is 1. The van der Waals surface area contributed by atoms with Crippen LogP contribution in [0, 0.1) is 5.92 Å². The van der Waals surface area contributed by atoms with Gasteiger partial charge >= 0.3 is 0 Å². The Bertz CT molecular complexity index is 1160. The van der Waals surface area contributed by atoms with Crippen molar-refractivity contribution in [1.29, 1.82) is 0 Å². The van der Waals surface area contributed by atoms with Crippen molar-refractivity contribution < 1.29 is 9.90 Å². The van der Waals surface area contributed by atoms with E-state index in [0.717, 1.165) is 47.1 Å². The zero-order valence-corrected chi connectivity index (χ0v) is 20.0. The number of aromatic nitrogens is 1. The SMILES string of the molecule is CC(=O)c1cnc2ccc(-c3cc(Cl)c(O)c(Cl)c3)cc2c1N[C@@H]1CC[C@@H](CN(C)C)C1. The lowest BCUT2D eigenvalue weighted by atomic mass is 9.99. The van der Waals surface area contributed by atoms with Crippen LogP contribution in [-0.2, 0) is 0 Å². The number of phenolic OH excluding ortho intramolecular Hbond substituents is 1. The fourth-order valence-corrected chi connectivity index (χ4v) is 5.11. The zero-order valence-electron chi connectivity index (χ0n) is 18.5. The third kappa shape index (κ3) is 4.70. The van der Waals surface area contributed by atoms with E-state index >= 15 is 0 Å². The molecule has 0 spiro atoms. The highest BCUT2D eigenvalue weighted by Crippen LogP contribution is 2.39. The number of phenols is 1. The Kier molecular flexibility index (Phi) is 6.61. The van der Waals surface area contributed by atoms with E-state index in [9.17, 15) is 9.90 Å². The van der Waals surface area contributed by atoms with Crippen LogP contribution in [0.15, 0.2) is 36.5 Å². The van der Waals surface area contributed by atoms with Crippen LogP contribution in [0.5, 0.6) is 5.75 Å². The number of hydrogen-bond acceptors (Lipinski definition) is 5. The molecule has 1 aromatic heterocycles. The van der Waals surface area contributed by atoms with Gasteiger partial charge in [0.2, 0.25) is 0 Å². The highest BCUT2D eigenvalue weighted by Gasteiger charge is 2.26. The summed E-state index contributed by atoms with van der Waals surface area (Å²) in [6.07, 6.45) is 4.97. The lowest BCUT2D eigenvalue weighted by Crippen LogP contribution is -2.22. The molecule has 2 atom stereocenters. The Labute approximate surface area is 198 Å². The Morgan fingerprint density at radius 3 is 2.53 bits per heavy atom. The second-order valence-electron chi connectivity index (χ2n) is 8.91. The van der Waals surface area contributed by atoms with E-state index in [0.29, 0.717) is 17.5 Å². The van der Waals surface area contributed by atoms with Gasteiger partial charge in [0.25, 0.3) is 0 Å². The molecule has 3 aromatic rings. The van der Waals surface area contributed by atoms with E-state index in [4.69, 9.17) is 23.2 Å². The first kappa shape index (κ1) is 22.8. The lowest BCUT2D eigenvalue weighted by Gasteiger charge is -2.20. The molecule has 7 heteroatoms. The normalized spacial score (nSPS) is 18.4. The van der Waals surface area contributed by atoms with Crippen molar-refractivity contribution >= 4 is 45.6 Å². The summed E-state index contributed by atoms with van der Waals surface area (Å²) in [6.45, 7) is 2.64. The molecule has 5 nitrogen and oxygen atoms in total. The van der Waals surface area contributed by atoms with Gasteiger partial charge in [-0.15, -0.1) is 0 Å².